The Bertz CT molecular complexity index is 1170. The minimum absolute atomic E-state index is 0.184. The third kappa shape index (κ3) is 4.65. The molecule has 4 N–H and O–H groups in total. The Morgan fingerprint density at radius 1 is 1.27 bits per heavy atom. The first kappa shape index (κ1) is 22.3. The van der Waals surface area contributed by atoms with Crippen LogP contribution >= 0.6 is 11.8 Å². The molecule has 0 radical (unpaired) electrons. The first-order valence-corrected chi connectivity index (χ1v) is 11.0. The van der Waals surface area contributed by atoms with Crippen LogP contribution in [-0.2, 0) is 9.53 Å². The summed E-state index contributed by atoms with van der Waals surface area (Å²) in [6.07, 6.45) is 1.47. The van der Waals surface area contributed by atoms with Gasteiger partial charge in [0.2, 0.25) is 5.16 Å². The third-order valence-corrected chi connectivity index (χ3v) is 5.80. The fourth-order valence-electron chi connectivity index (χ4n) is 3.30. The zero-order chi connectivity index (χ0) is 23.4. The van der Waals surface area contributed by atoms with Crippen LogP contribution in [0.25, 0.3) is 11.4 Å². The summed E-state index contributed by atoms with van der Waals surface area (Å²) in [5.41, 5.74) is 1.38. The normalized spacial score (nSPS) is 15.7. The van der Waals surface area contributed by atoms with E-state index in [1.54, 1.807) is 38.3 Å². The monoisotopic (exact) mass is 470 g/mol. The summed E-state index contributed by atoms with van der Waals surface area (Å²) in [7, 11) is 1.59. The summed E-state index contributed by atoms with van der Waals surface area (Å²) in [6, 6.07) is 9.35. The van der Waals surface area contributed by atoms with Crippen LogP contribution in [0.2, 0.25) is 0 Å². The lowest BCUT2D eigenvalue weighted by molar-refractivity contribution is -0.139. The van der Waals surface area contributed by atoms with Crippen LogP contribution in [-0.4, -0.2) is 46.3 Å². The number of thioether (sulfide) groups is 1. The van der Waals surface area contributed by atoms with Crippen molar-refractivity contribution in [2.45, 2.75) is 18.1 Å². The van der Waals surface area contributed by atoms with Gasteiger partial charge in [-0.1, -0.05) is 11.8 Å². The van der Waals surface area contributed by atoms with Crippen molar-refractivity contribution in [1.29, 1.82) is 0 Å². The van der Waals surface area contributed by atoms with Gasteiger partial charge in [0.25, 0.3) is 0 Å². The van der Waals surface area contributed by atoms with Crippen LogP contribution in [0.1, 0.15) is 18.7 Å². The molecule has 0 saturated carbocycles. The van der Waals surface area contributed by atoms with E-state index in [9.17, 15) is 9.59 Å². The molecule has 3 heterocycles. The number of furan rings is 1. The molecule has 0 saturated heterocycles. The van der Waals surface area contributed by atoms with Gasteiger partial charge in [-0.05, 0) is 43.3 Å². The molecule has 1 atom stereocenters. The number of methoxy groups -OCH3 is 1. The topological polar surface area (TPSA) is 147 Å². The van der Waals surface area contributed by atoms with Gasteiger partial charge in [-0.3, -0.25) is 0 Å². The van der Waals surface area contributed by atoms with E-state index in [4.69, 9.17) is 19.7 Å². The molecule has 1 aliphatic heterocycles. The SMILES string of the molecule is CCOC(=O)C1=C(CSc2nnc(-c3ccc(OC)cc3)n2N)NC(=O)NC1c1ccco1. The van der Waals surface area contributed by atoms with Crippen molar-refractivity contribution in [2.24, 2.45) is 0 Å². The van der Waals surface area contributed by atoms with Crippen LogP contribution in [0.3, 0.4) is 0 Å². The molecule has 2 aromatic heterocycles. The van der Waals surface area contributed by atoms with Crippen LogP contribution in [0.5, 0.6) is 5.75 Å². The number of rotatable bonds is 8. The van der Waals surface area contributed by atoms with Crippen LogP contribution < -0.4 is 21.2 Å². The Kier molecular flexibility index (Phi) is 6.54. The molecule has 1 aromatic carbocycles. The number of urea groups is 1. The van der Waals surface area contributed by atoms with Crippen molar-refractivity contribution in [2.75, 3.05) is 25.3 Å². The van der Waals surface area contributed by atoms with Gasteiger partial charge in [0, 0.05) is 17.0 Å². The Labute approximate surface area is 193 Å². The van der Waals surface area contributed by atoms with E-state index < -0.39 is 18.0 Å². The first-order chi connectivity index (χ1) is 16.0. The summed E-state index contributed by atoms with van der Waals surface area (Å²) in [6.45, 7) is 1.89. The summed E-state index contributed by atoms with van der Waals surface area (Å²) >= 11 is 1.22. The van der Waals surface area contributed by atoms with Crippen LogP contribution in [0, 0.1) is 0 Å². The van der Waals surface area contributed by atoms with Gasteiger partial charge >= 0.3 is 12.0 Å². The Balaban J connectivity index is 1.61. The van der Waals surface area contributed by atoms with E-state index in [0.29, 0.717) is 28.2 Å². The maximum Gasteiger partial charge on any atom is 0.338 e. The standard InChI is InChI=1S/C21H22N6O5S/c1-3-31-19(28)16-14(23-20(29)24-17(16)15-5-4-10-32-15)11-33-21-26-25-18(27(21)22)12-6-8-13(30-2)9-7-12/h4-10,17H,3,11,22H2,1-2H3,(H2,23,24,29). The second-order valence-corrected chi connectivity index (χ2v) is 7.80. The van der Waals surface area contributed by atoms with Gasteiger partial charge in [-0.25, -0.2) is 14.3 Å². The molecular formula is C21H22N6O5S. The van der Waals surface area contributed by atoms with Gasteiger partial charge in [0.1, 0.15) is 17.6 Å². The lowest BCUT2D eigenvalue weighted by Crippen LogP contribution is -2.46. The average Bonchev–Trinajstić information content (AvgIpc) is 3.48. The minimum atomic E-state index is -0.783. The molecule has 4 rings (SSSR count). The van der Waals surface area contributed by atoms with Crippen LogP contribution in [0.15, 0.2) is 63.5 Å². The van der Waals surface area contributed by atoms with E-state index in [-0.39, 0.29) is 17.9 Å². The Morgan fingerprint density at radius 2 is 2.06 bits per heavy atom. The van der Waals surface area contributed by atoms with Crippen molar-refractivity contribution in [3.63, 3.8) is 0 Å². The fraction of sp³-hybridized carbons (Fsp3) is 0.238. The predicted octanol–water partition coefficient (Wildman–Crippen LogP) is 2.22. The highest BCUT2D eigenvalue weighted by molar-refractivity contribution is 7.99. The molecule has 1 unspecified atom stereocenters. The molecule has 33 heavy (non-hydrogen) atoms. The number of aromatic nitrogens is 3. The Hall–Kier alpha value is -3.93. The van der Waals surface area contributed by atoms with Gasteiger partial charge in [0.05, 0.1) is 25.6 Å². The maximum absolute atomic E-state index is 12.8. The molecule has 2 amide bonds. The number of nitrogens with zero attached hydrogens (tertiary/aromatic N) is 3. The second-order valence-electron chi connectivity index (χ2n) is 6.85. The van der Waals surface area contributed by atoms with E-state index in [2.05, 4.69) is 20.8 Å². The summed E-state index contributed by atoms with van der Waals surface area (Å²) < 4.78 is 17.2. The molecule has 1 aliphatic rings. The number of carbonyl (C=O) groups excluding carboxylic acids is 2. The number of nitrogens with one attached hydrogen (secondary N) is 2. The zero-order valence-corrected chi connectivity index (χ0v) is 18.7. The largest absolute Gasteiger partial charge is 0.497 e. The molecule has 3 aromatic rings. The first-order valence-electron chi connectivity index (χ1n) is 10.0. The number of hydrogen-bond acceptors (Lipinski definition) is 9. The number of nitrogen functional groups attached to an aromatic ring is 1. The van der Waals surface area contributed by atoms with Gasteiger partial charge in [-0.15, -0.1) is 10.2 Å². The number of esters is 1. The van der Waals surface area contributed by atoms with Crippen molar-refractivity contribution in [1.82, 2.24) is 25.5 Å². The lowest BCUT2D eigenvalue weighted by atomic mass is 10.0. The average molecular weight is 471 g/mol. The van der Waals surface area contributed by atoms with Gasteiger partial charge < -0.3 is 30.4 Å². The zero-order valence-electron chi connectivity index (χ0n) is 17.9. The van der Waals surface area contributed by atoms with Crippen molar-refractivity contribution >= 4 is 23.8 Å². The Morgan fingerprint density at radius 3 is 2.73 bits per heavy atom. The second kappa shape index (κ2) is 9.69. The molecule has 11 nitrogen and oxygen atoms in total. The summed E-state index contributed by atoms with van der Waals surface area (Å²) in [5, 5.41) is 14.1. The van der Waals surface area contributed by atoms with Crippen molar-refractivity contribution in [3.8, 4) is 17.1 Å². The highest BCUT2D eigenvalue weighted by Crippen LogP contribution is 2.31. The molecule has 0 fully saturated rings. The predicted molar refractivity (Wildman–Crippen MR) is 120 cm³/mol. The minimum Gasteiger partial charge on any atom is -0.497 e. The smallest absolute Gasteiger partial charge is 0.338 e. The van der Waals surface area contributed by atoms with Gasteiger partial charge in [-0.2, -0.15) is 0 Å². The molecule has 172 valence electrons. The lowest BCUT2D eigenvalue weighted by Gasteiger charge is -2.27. The maximum atomic E-state index is 12.8. The molecule has 0 spiro atoms. The number of nitrogens with two attached hydrogens (primary N) is 1. The molecule has 12 heteroatoms. The fourth-order valence-corrected chi connectivity index (χ4v) is 4.12. The quantitative estimate of drug-likeness (QED) is 0.256. The van der Waals surface area contributed by atoms with Crippen molar-refractivity contribution in [3.05, 3.63) is 59.7 Å². The number of benzene rings is 1. The number of ether oxygens (including phenoxy) is 2. The molecular weight excluding hydrogens is 448 g/mol. The molecule has 0 aliphatic carbocycles. The number of carbonyl (C=O) groups is 2. The summed E-state index contributed by atoms with van der Waals surface area (Å²) in [4.78, 5) is 25.0. The van der Waals surface area contributed by atoms with Crippen molar-refractivity contribution < 1.29 is 23.5 Å². The molecule has 0 bridgehead atoms. The van der Waals surface area contributed by atoms with E-state index in [1.807, 2.05) is 12.1 Å². The van der Waals surface area contributed by atoms with E-state index in [0.717, 1.165) is 5.56 Å². The van der Waals surface area contributed by atoms with Gasteiger partial charge in [0.15, 0.2) is 5.82 Å². The van der Waals surface area contributed by atoms with Crippen LogP contribution in [0.4, 0.5) is 4.79 Å². The number of amides is 2. The summed E-state index contributed by atoms with van der Waals surface area (Å²) in [5.74, 6) is 7.43. The third-order valence-electron chi connectivity index (χ3n) is 4.84. The highest BCUT2D eigenvalue weighted by atomic mass is 32.2. The van der Waals surface area contributed by atoms with E-state index in [1.165, 1.54) is 22.7 Å². The van der Waals surface area contributed by atoms with E-state index >= 15 is 0 Å². The number of hydrogen-bond donors (Lipinski definition) is 3. The highest BCUT2D eigenvalue weighted by Gasteiger charge is 2.35.